The normalized spacial score (nSPS) is 23.4. The zero-order valence-electron chi connectivity index (χ0n) is 15.8. The Labute approximate surface area is 202 Å². The Hall–Kier alpha value is 0.0900. The van der Waals surface area contributed by atoms with Crippen LogP contribution >= 0.6 is 7.82 Å². The molecule has 0 radical (unpaired) electrons. The second-order valence-electron chi connectivity index (χ2n) is 6.68. The van der Waals surface area contributed by atoms with E-state index >= 15 is 0 Å². The van der Waals surface area contributed by atoms with Crippen LogP contribution in [0.3, 0.4) is 0 Å². The largest absolute Gasteiger partial charge is 1.00 e. The number of benzene rings is 1. The number of phosphoric ester groups is 1. The smallest absolute Gasteiger partial charge is 0.790 e. The van der Waals surface area contributed by atoms with E-state index in [1.54, 1.807) is 26.0 Å². The molecule has 2 heterocycles. The maximum absolute atomic E-state index is 12.3. The predicted molar refractivity (Wildman–Crippen MR) is 82.0 cm³/mol. The van der Waals surface area contributed by atoms with Gasteiger partial charge in [-0.05, 0) is 38.5 Å². The number of phosphoric acid groups is 1. The van der Waals surface area contributed by atoms with E-state index in [0.717, 1.165) is 0 Å². The predicted octanol–water partition coefficient (Wildman–Crippen LogP) is -5.39. The second-order valence-corrected chi connectivity index (χ2v) is 7.78. The molecule has 1 fully saturated rings. The maximum Gasteiger partial charge on any atom is 1.00 e. The fourth-order valence-corrected chi connectivity index (χ4v) is 4.09. The van der Waals surface area contributed by atoms with Gasteiger partial charge in [0.05, 0.1) is 25.5 Å². The molecular formula is C16H17N2Na2O6P. The first-order valence-corrected chi connectivity index (χ1v) is 9.31. The summed E-state index contributed by atoms with van der Waals surface area (Å²) in [7, 11) is -5.33. The van der Waals surface area contributed by atoms with Gasteiger partial charge in [0.25, 0.3) is 0 Å². The molecule has 0 saturated carbocycles. The van der Waals surface area contributed by atoms with Crippen LogP contribution in [0.5, 0.6) is 5.75 Å². The number of carbonyl (C=O) groups excluding carboxylic acids is 1. The van der Waals surface area contributed by atoms with Gasteiger partial charge in [0.2, 0.25) is 5.91 Å². The first kappa shape index (κ1) is 25.1. The van der Waals surface area contributed by atoms with Crippen molar-refractivity contribution in [2.75, 3.05) is 6.54 Å². The summed E-state index contributed by atoms with van der Waals surface area (Å²) in [6, 6.07) is 5.90. The molecule has 134 valence electrons. The zero-order chi connectivity index (χ0) is 18.4. The second kappa shape index (κ2) is 9.27. The van der Waals surface area contributed by atoms with Crippen molar-refractivity contribution >= 4 is 13.7 Å². The minimum atomic E-state index is -5.33. The van der Waals surface area contributed by atoms with Gasteiger partial charge in [0.15, 0.2) is 0 Å². The monoisotopic (exact) mass is 410 g/mol. The van der Waals surface area contributed by atoms with Crippen LogP contribution in [-0.2, 0) is 13.9 Å². The van der Waals surface area contributed by atoms with Crippen LogP contribution in [0.4, 0.5) is 0 Å². The Bertz CT molecular complexity index is 807. The van der Waals surface area contributed by atoms with Gasteiger partial charge >= 0.3 is 59.1 Å². The minimum Gasteiger partial charge on any atom is -0.790 e. The van der Waals surface area contributed by atoms with Crippen LogP contribution in [0.25, 0.3) is 0 Å². The molecule has 2 aliphatic heterocycles. The van der Waals surface area contributed by atoms with Gasteiger partial charge in [-0.3, -0.25) is 4.79 Å². The summed E-state index contributed by atoms with van der Waals surface area (Å²) in [6.45, 7) is 3.61. The van der Waals surface area contributed by atoms with E-state index in [9.17, 15) is 19.1 Å². The molecule has 2 atom stereocenters. The summed E-state index contributed by atoms with van der Waals surface area (Å²) in [4.78, 5) is 36.4. The van der Waals surface area contributed by atoms with E-state index in [-0.39, 0.29) is 65.0 Å². The number of fused-ring (bicyclic) bond motifs is 1. The maximum atomic E-state index is 12.3. The van der Waals surface area contributed by atoms with Gasteiger partial charge in [-0.1, -0.05) is 0 Å². The Morgan fingerprint density at radius 3 is 2.56 bits per heavy atom. The average molecular weight is 410 g/mol. The summed E-state index contributed by atoms with van der Waals surface area (Å²) in [5.41, 5.74) is -0.365. The van der Waals surface area contributed by atoms with E-state index in [2.05, 4.69) is 0 Å². The van der Waals surface area contributed by atoms with E-state index in [1.807, 2.05) is 6.07 Å². The molecule has 3 rings (SSSR count). The fraction of sp³-hybridized carbons (Fsp3) is 0.500. The third-order valence-electron chi connectivity index (χ3n) is 4.49. The number of hydrogen-bond donors (Lipinski definition) is 0. The Balaban J connectivity index is 0.00000182. The van der Waals surface area contributed by atoms with E-state index in [0.29, 0.717) is 36.3 Å². The van der Waals surface area contributed by atoms with Crippen molar-refractivity contribution in [3.05, 3.63) is 29.3 Å². The molecule has 27 heavy (non-hydrogen) atoms. The molecule has 1 saturated heterocycles. The van der Waals surface area contributed by atoms with Crippen molar-refractivity contribution in [3.8, 4) is 11.8 Å². The Morgan fingerprint density at radius 2 is 2.04 bits per heavy atom. The van der Waals surface area contributed by atoms with Gasteiger partial charge in [0.1, 0.15) is 17.5 Å². The number of hydrogen-bond acceptors (Lipinski definition) is 7. The van der Waals surface area contributed by atoms with Crippen LogP contribution in [0, 0.1) is 11.3 Å². The number of nitriles is 1. The van der Waals surface area contributed by atoms with Crippen LogP contribution in [0.1, 0.15) is 43.9 Å². The molecule has 11 heteroatoms. The summed E-state index contributed by atoms with van der Waals surface area (Å²) in [5, 5.41) is 9.15. The van der Waals surface area contributed by atoms with Gasteiger partial charge in [-0.25, -0.2) is 0 Å². The topological polar surface area (TPSA) is 126 Å². The van der Waals surface area contributed by atoms with E-state index < -0.39 is 25.6 Å². The molecule has 0 bridgehead atoms. The van der Waals surface area contributed by atoms with Crippen LogP contribution in [0.15, 0.2) is 18.2 Å². The third-order valence-corrected chi connectivity index (χ3v) is 4.98. The van der Waals surface area contributed by atoms with Crippen molar-refractivity contribution in [2.24, 2.45) is 0 Å². The van der Waals surface area contributed by atoms with Gasteiger partial charge in [-0.15, -0.1) is 0 Å². The van der Waals surface area contributed by atoms with E-state index in [1.165, 1.54) is 11.0 Å². The number of amides is 1. The molecule has 1 aromatic rings. The quantitative estimate of drug-likeness (QED) is 0.360. The first-order valence-electron chi connectivity index (χ1n) is 7.85. The Morgan fingerprint density at radius 1 is 1.37 bits per heavy atom. The van der Waals surface area contributed by atoms with Crippen molar-refractivity contribution in [3.63, 3.8) is 0 Å². The molecular weight excluding hydrogens is 393 g/mol. The third kappa shape index (κ3) is 5.37. The molecule has 0 aliphatic carbocycles. The summed E-state index contributed by atoms with van der Waals surface area (Å²) in [6.07, 6.45) is -0.246. The van der Waals surface area contributed by atoms with Gasteiger partial charge < -0.3 is 28.5 Å². The van der Waals surface area contributed by atoms with Crippen molar-refractivity contribution in [2.45, 2.75) is 44.4 Å². The molecule has 2 aliphatic rings. The standard InChI is InChI=1S/C16H19N2O6P.2Na/c1-16(2)15(24-25(20,21)22)14(18-7-3-4-13(18)19)11-8-10(9-17)5-6-12(11)23-16;;/h5-6,8,14-15H,3-4,7H2,1-2H3,(H2,20,21,22);;/q;2*+1/p-2/t14-,15+;;/m0../s1. The zero-order valence-corrected chi connectivity index (χ0v) is 20.7. The summed E-state index contributed by atoms with van der Waals surface area (Å²) >= 11 is 0. The number of rotatable bonds is 3. The fourth-order valence-electron chi connectivity index (χ4n) is 3.44. The van der Waals surface area contributed by atoms with Crippen molar-refractivity contribution in [1.29, 1.82) is 5.26 Å². The minimum absolute atomic E-state index is 0. The number of nitrogens with zero attached hydrogens (tertiary/aromatic N) is 2. The van der Waals surface area contributed by atoms with E-state index in [4.69, 9.17) is 14.5 Å². The number of carbonyl (C=O) groups is 1. The molecule has 0 spiro atoms. The molecule has 0 unspecified atom stereocenters. The first-order chi connectivity index (χ1) is 11.6. The molecule has 1 amide bonds. The molecule has 0 N–H and O–H groups in total. The van der Waals surface area contributed by atoms with Crippen molar-refractivity contribution < 1.29 is 87.5 Å². The van der Waals surface area contributed by atoms with Crippen LogP contribution in [-0.4, -0.2) is 29.1 Å². The molecule has 1 aromatic carbocycles. The Kier molecular flexibility index (Phi) is 8.63. The van der Waals surface area contributed by atoms with Gasteiger partial charge in [0, 0.05) is 18.5 Å². The molecule has 0 aromatic heterocycles. The number of likely N-dealkylation sites (tertiary alicyclic amines) is 1. The summed E-state index contributed by atoms with van der Waals surface area (Å²) < 4.78 is 22.0. The van der Waals surface area contributed by atoms with Crippen molar-refractivity contribution in [1.82, 2.24) is 4.90 Å². The summed E-state index contributed by atoms with van der Waals surface area (Å²) in [5.74, 6) is 0.274. The van der Waals surface area contributed by atoms with Gasteiger partial charge in [-0.2, -0.15) is 5.26 Å². The number of ether oxygens (including phenoxy) is 1. The van der Waals surface area contributed by atoms with Crippen LogP contribution in [0.2, 0.25) is 0 Å². The SMILES string of the molecule is CC1(C)Oc2ccc(C#N)cc2[C@H](N2CCCC2=O)[C@H]1OP(=O)([O-])[O-].[Na+].[Na+]. The van der Waals surface area contributed by atoms with Crippen LogP contribution < -0.4 is 73.6 Å². The average Bonchev–Trinajstić information content (AvgIpc) is 2.92. The molecule has 8 nitrogen and oxygen atoms in total.